The lowest BCUT2D eigenvalue weighted by atomic mass is 9.84. The molecule has 2 amide bonds. The molecule has 0 unspecified atom stereocenters. The lowest BCUT2D eigenvalue weighted by Gasteiger charge is -2.33. The van der Waals surface area contributed by atoms with Gasteiger partial charge in [-0.2, -0.15) is 8.42 Å². The van der Waals surface area contributed by atoms with Gasteiger partial charge in [0, 0.05) is 18.2 Å². The van der Waals surface area contributed by atoms with Crippen LogP contribution < -0.4 is 9.03 Å². The fourth-order valence-corrected chi connectivity index (χ4v) is 6.24. The molecule has 2 fully saturated rings. The molecule has 3 aliphatic rings. The average molecular weight is 410 g/mol. The van der Waals surface area contributed by atoms with E-state index >= 15 is 0 Å². The van der Waals surface area contributed by atoms with E-state index in [9.17, 15) is 18.0 Å². The van der Waals surface area contributed by atoms with Crippen LogP contribution in [0.4, 0.5) is 5.69 Å². The number of nitrogens with one attached hydrogen (secondary N) is 1. The second-order valence-electron chi connectivity index (χ2n) is 7.23. The number of anilines is 1. The van der Waals surface area contributed by atoms with Gasteiger partial charge in [0.25, 0.3) is 5.91 Å². The summed E-state index contributed by atoms with van der Waals surface area (Å²) in [5.41, 5.74) is 1.58. The Balaban J connectivity index is 1.49. The van der Waals surface area contributed by atoms with Crippen LogP contribution in [0, 0.1) is 5.92 Å². The summed E-state index contributed by atoms with van der Waals surface area (Å²) in [6.07, 6.45) is 4.28. The van der Waals surface area contributed by atoms with Gasteiger partial charge in [-0.25, -0.2) is 4.72 Å². The van der Waals surface area contributed by atoms with Crippen molar-refractivity contribution < 1.29 is 18.0 Å². The van der Waals surface area contributed by atoms with Crippen molar-refractivity contribution in [3.05, 3.63) is 29.8 Å². The van der Waals surface area contributed by atoms with Crippen molar-refractivity contribution >= 4 is 39.5 Å². The number of hydrogen-bond donors (Lipinski definition) is 1. The van der Waals surface area contributed by atoms with Gasteiger partial charge in [0.05, 0.1) is 11.6 Å². The molecular weight excluding hydrogens is 386 g/mol. The van der Waals surface area contributed by atoms with Crippen LogP contribution in [0.15, 0.2) is 24.3 Å². The van der Waals surface area contributed by atoms with Crippen molar-refractivity contribution in [1.82, 2.24) is 9.62 Å². The summed E-state index contributed by atoms with van der Waals surface area (Å²) in [4.78, 5) is 26.8. The van der Waals surface area contributed by atoms with Crippen LogP contribution in [0.2, 0.25) is 0 Å². The SMILES string of the molecule is O=C(NS(=O)(=O)N1CCCc2ccccc21)[C@H]1CSCN1C(=O)C1CCC1. The Morgan fingerprint density at radius 1 is 1.15 bits per heavy atom. The molecule has 1 saturated heterocycles. The molecule has 0 bridgehead atoms. The van der Waals surface area contributed by atoms with Crippen molar-refractivity contribution in [1.29, 1.82) is 0 Å². The smallest absolute Gasteiger partial charge is 0.320 e. The third-order valence-electron chi connectivity index (χ3n) is 5.51. The Hall–Kier alpha value is -1.74. The van der Waals surface area contributed by atoms with Crippen molar-refractivity contribution in [2.75, 3.05) is 22.5 Å². The molecule has 1 aliphatic carbocycles. The summed E-state index contributed by atoms with van der Waals surface area (Å²) in [5.74, 6) is 0.226. The maximum Gasteiger partial charge on any atom is 0.326 e. The number of para-hydroxylation sites is 1. The van der Waals surface area contributed by atoms with E-state index in [-0.39, 0.29) is 11.8 Å². The van der Waals surface area contributed by atoms with Gasteiger partial charge in [0.15, 0.2) is 0 Å². The zero-order valence-electron chi connectivity index (χ0n) is 15.0. The number of fused-ring (bicyclic) bond motifs is 1. The lowest BCUT2D eigenvalue weighted by Crippen LogP contribution is -2.54. The Labute approximate surface area is 163 Å². The maximum absolute atomic E-state index is 12.9. The van der Waals surface area contributed by atoms with Crippen LogP contribution in [-0.2, 0) is 26.2 Å². The predicted molar refractivity (Wildman–Crippen MR) is 104 cm³/mol. The highest BCUT2D eigenvalue weighted by molar-refractivity contribution is 7.99. The summed E-state index contributed by atoms with van der Waals surface area (Å²) in [6, 6.07) is 6.62. The summed E-state index contributed by atoms with van der Waals surface area (Å²) < 4.78 is 29.2. The molecule has 4 rings (SSSR count). The molecule has 27 heavy (non-hydrogen) atoms. The minimum absolute atomic E-state index is 0.00965. The van der Waals surface area contributed by atoms with E-state index in [1.165, 1.54) is 16.1 Å². The number of carbonyl (C=O) groups is 2. The minimum atomic E-state index is -4.01. The molecule has 1 saturated carbocycles. The monoisotopic (exact) mass is 409 g/mol. The van der Waals surface area contributed by atoms with Crippen LogP contribution in [0.3, 0.4) is 0 Å². The van der Waals surface area contributed by atoms with E-state index in [0.717, 1.165) is 31.2 Å². The summed E-state index contributed by atoms with van der Waals surface area (Å²) in [5, 5.41) is 0. The van der Waals surface area contributed by atoms with E-state index < -0.39 is 22.2 Å². The summed E-state index contributed by atoms with van der Waals surface area (Å²) in [7, 11) is -4.01. The number of amides is 2. The maximum atomic E-state index is 12.9. The number of aryl methyl sites for hydroxylation is 1. The highest BCUT2D eigenvalue weighted by Crippen LogP contribution is 2.33. The molecular formula is C18H23N3O4S2. The summed E-state index contributed by atoms with van der Waals surface area (Å²) in [6.45, 7) is 0.337. The molecule has 1 aromatic rings. The number of nitrogens with zero attached hydrogens (tertiary/aromatic N) is 2. The third kappa shape index (κ3) is 3.54. The van der Waals surface area contributed by atoms with Crippen molar-refractivity contribution in [2.24, 2.45) is 5.92 Å². The number of rotatable bonds is 4. The van der Waals surface area contributed by atoms with E-state index in [2.05, 4.69) is 4.72 Å². The van der Waals surface area contributed by atoms with Gasteiger partial charge in [-0.1, -0.05) is 24.6 Å². The standard InChI is InChI=1S/C18H23N3O4S2/c22-17(16-11-26-12-20(16)18(23)14-6-3-7-14)19-27(24,25)21-10-4-8-13-5-1-2-9-15(13)21/h1-2,5,9,14,16H,3-4,6-8,10-12H2,(H,19,22)/t16-/m1/s1. The highest BCUT2D eigenvalue weighted by Gasteiger charge is 2.41. The molecule has 9 heteroatoms. The topological polar surface area (TPSA) is 86.8 Å². The van der Waals surface area contributed by atoms with Gasteiger partial charge in [0.1, 0.15) is 6.04 Å². The Morgan fingerprint density at radius 2 is 1.93 bits per heavy atom. The van der Waals surface area contributed by atoms with Crippen molar-refractivity contribution in [3.8, 4) is 0 Å². The zero-order valence-corrected chi connectivity index (χ0v) is 16.6. The van der Waals surface area contributed by atoms with E-state index in [1.807, 2.05) is 12.1 Å². The molecule has 0 radical (unpaired) electrons. The van der Waals surface area contributed by atoms with Crippen LogP contribution in [0.5, 0.6) is 0 Å². The Morgan fingerprint density at radius 3 is 2.67 bits per heavy atom. The predicted octanol–water partition coefficient (Wildman–Crippen LogP) is 1.50. The largest absolute Gasteiger partial charge is 0.326 e. The molecule has 0 spiro atoms. The first-order chi connectivity index (χ1) is 13.0. The molecule has 1 atom stereocenters. The zero-order chi connectivity index (χ0) is 19.0. The first-order valence-electron chi connectivity index (χ1n) is 9.28. The van der Waals surface area contributed by atoms with E-state index in [0.29, 0.717) is 30.3 Å². The van der Waals surface area contributed by atoms with Gasteiger partial charge in [-0.3, -0.25) is 13.9 Å². The van der Waals surface area contributed by atoms with Gasteiger partial charge in [-0.15, -0.1) is 11.8 Å². The number of carbonyl (C=O) groups excluding carboxylic acids is 2. The molecule has 1 N–H and O–H groups in total. The normalized spacial score (nSPS) is 22.9. The molecule has 7 nitrogen and oxygen atoms in total. The first kappa shape index (κ1) is 18.6. The van der Waals surface area contributed by atoms with E-state index in [1.54, 1.807) is 17.0 Å². The van der Waals surface area contributed by atoms with Gasteiger partial charge >= 0.3 is 10.2 Å². The minimum Gasteiger partial charge on any atom is -0.320 e. The number of thioether (sulfide) groups is 1. The van der Waals surface area contributed by atoms with Gasteiger partial charge < -0.3 is 4.90 Å². The molecule has 146 valence electrons. The number of hydrogen-bond acceptors (Lipinski definition) is 5. The Kier molecular flexibility index (Phi) is 5.07. The van der Waals surface area contributed by atoms with Gasteiger partial charge in [-0.05, 0) is 37.3 Å². The first-order valence-corrected chi connectivity index (χ1v) is 11.9. The third-order valence-corrected chi connectivity index (χ3v) is 7.94. The van der Waals surface area contributed by atoms with Crippen molar-refractivity contribution in [3.63, 3.8) is 0 Å². The number of benzene rings is 1. The lowest BCUT2D eigenvalue weighted by molar-refractivity contribution is -0.142. The Bertz CT molecular complexity index is 854. The molecule has 2 aliphatic heterocycles. The average Bonchev–Trinajstić information content (AvgIpc) is 3.09. The van der Waals surface area contributed by atoms with Crippen LogP contribution in [-0.4, -0.2) is 49.3 Å². The highest BCUT2D eigenvalue weighted by atomic mass is 32.2. The van der Waals surface area contributed by atoms with Crippen LogP contribution in [0.1, 0.15) is 31.2 Å². The molecule has 1 aromatic carbocycles. The quantitative estimate of drug-likeness (QED) is 0.814. The van der Waals surface area contributed by atoms with Gasteiger partial charge in [0.2, 0.25) is 5.91 Å². The fourth-order valence-electron chi connectivity index (χ4n) is 3.77. The molecule has 2 heterocycles. The second kappa shape index (κ2) is 7.35. The van der Waals surface area contributed by atoms with Crippen LogP contribution >= 0.6 is 11.8 Å². The summed E-state index contributed by atoms with van der Waals surface area (Å²) >= 11 is 1.48. The fraction of sp³-hybridized carbons (Fsp3) is 0.556. The van der Waals surface area contributed by atoms with Crippen LogP contribution in [0.25, 0.3) is 0 Å². The van der Waals surface area contributed by atoms with Crippen molar-refractivity contribution in [2.45, 2.75) is 38.1 Å². The second-order valence-corrected chi connectivity index (χ2v) is 9.82. The molecule has 0 aromatic heterocycles. The van der Waals surface area contributed by atoms with E-state index in [4.69, 9.17) is 0 Å².